The van der Waals surface area contributed by atoms with E-state index in [0.29, 0.717) is 0 Å². The Morgan fingerprint density at radius 2 is 2.39 bits per heavy atom. The molecule has 2 unspecified atom stereocenters. The number of halogens is 1. The summed E-state index contributed by atoms with van der Waals surface area (Å²) in [6.45, 7) is 0. The van der Waals surface area contributed by atoms with E-state index in [1.54, 1.807) is 0 Å². The summed E-state index contributed by atoms with van der Waals surface area (Å²) in [5.74, 6) is -0.367. The Morgan fingerprint density at radius 3 is 3.04 bits per heavy atom. The lowest BCUT2D eigenvalue weighted by Crippen LogP contribution is -2.42. The van der Waals surface area contributed by atoms with Crippen LogP contribution < -0.4 is 5.73 Å². The maximum Gasteiger partial charge on any atom is 0.509 e. The fraction of sp³-hybridized carbons (Fsp3) is 0.333. The molecule has 1 aliphatic rings. The smallest absolute Gasteiger partial charge is 0.450 e. The second kappa shape index (κ2) is 5.04. The van der Waals surface area contributed by atoms with Crippen LogP contribution in [0, 0.1) is 18.4 Å². The predicted octanol–water partition coefficient (Wildman–Crippen LogP) is -0.148. The van der Waals surface area contributed by atoms with Gasteiger partial charge < -0.3 is 25.4 Å². The van der Waals surface area contributed by atoms with E-state index < -0.39 is 30.4 Å². The van der Waals surface area contributed by atoms with Gasteiger partial charge in [-0.3, -0.25) is 4.57 Å². The van der Waals surface area contributed by atoms with E-state index in [2.05, 4.69) is 19.7 Å². The Bertz CT molecular complexity index is 833. The van der Waals surface area contributed by atoms with Crippen LogP contribution in [0.25, 0.3) is 11.2 Å². The Morgan fingerprint density at radius 1 is 1.65 bits per heavy atom. The highest BCUT2D eigenvalue weighted by atomic mass is 19.1. The molecule has 120 valence electrons. The van der Waals surface area contributed by atoms with Crippen LogP contribution in [0.4, 0.5) is 15.0 Å². The van der Waals surface area contributed by atoms with Crippen LogP contribution >= 0.6 is 0 Å². The molecule has 3 rings (SSSR count). The predicted molar refractivity (Wildman–Crippen MR) is 71.1 cm³/mol. The zero-order valence-electron chi connectivity index (χ0n) is 11.4. The molecule has 0 aromatic carbocycles. The molecule has 1 aliphatic heterocycles. The summed E-state index contributed by atoms with van der Waals surface area (Å²) in [6.07, 6.45) is 1.13. The molecule has 0 saturated carbocycles. The van der Waals surface area contributed by atoms with E-state index in [0.717, 1.165) is 0 Å². The van der Waals surface area contributed by atoms with E-state index in [1.807, 2.05) is 5.92 Å². The Labute approximate surface area is 127 Å². The normalized spacial score (nSPS) is 27.0. The summed E-state index contributed by atoms with van der Waals surface area (Å²) in [5.41, 5.74) is 5.69. The van der Waals surface area contributed by atoms with Gasteiger partial charge in [-0.15, -0.1) is 6.42 Å². The van der Waals surface area contributed by atoms with Gasteiger partial charge in [0.1, 0.15) is 12.3 Å². The van der Waals surface area contributed by atoms with Gasteiger partial charge in [0.15, 0.2) is 17.0 Å². The van der Waals surface area contributed by atoms with Crippen molar-refractivity contribution >= 4 is 23.1 Å². The van der Waals surface area contributed by atoms with Crippen molar-refractivity contribution in [1.29, 1.82) is 0 Å². The van der Waals surface area contributed by atoms with Crippen LogP contribution in [0.3, 0.4) is 0 Å². The lowest BCUT2D eigenvalue weighted by atomic mass is 10.1. The number of carboxylic acid groups (broad SMARTS) is 1. The number of nitrogens with two attached hydrogens (primary N) is 1. The quantitative estimate of drug-likeness (QED) is 0.390. The average Bonchev–Trinajstić information content (AvgIpc) is 3.01. The van der Waals surface area contributed by atoms with Gasteiger partial charge in [0, 0.05) is 6.42 Å². The summed E-state index contributed by atoms with van der Waals surface area (Å²) >= 11 is 0. The molecule has 1 saturated heterocycles. The second-order valence-corrected chi connectivity index (χ2v) is 4.71. The van der Waals surface area contributed by atoms with Gasteiger partial charge in [-0.1, -0.05) is 0 Å². The fourth-order valence-corrected chi connectivity index (χ4v) is 2.35. The Balaban J connectivity index is 2.01. The average molecular weight is 323 g/mol. The number of ether oxygens (including phenoxy) is 2. The SMILES string of the molecule is C#C[C@]1(OC(=O)O)OC(n2cnc3c(N)nc(F)nc32)CC1O. The highest BCUT2D eigenvalue weighted by molar-refractivity contribution is 5.81. The van der Waals surface area contributed by atoms with Crippen LogP contribution in [-0.2, 0) is 9.47 Å². The molecule has 23 heavy (non-hydrogen) atoms. The molecule has 11 heteroatoms. The van der Waals surface area contributed by atoms with Crippen molar-refractivity contribution in [3.8, 4) is 12.3 Å². The molecule has 2 aromatic heterocycles. The van der Waals surface area contributed by atoms with E-state index in [9.17, 15) is 14.3 Å². The lowest BCUT2D eigenvalue weighted by molar-refractivity contribution is -0.203. The van der Waals surface area contributed by atoms with Crippen molar-refractivity contribution in [2.45, 2.75) is 24.5 Å². The van der Waals surface area contributed by atoms with Crippen LogP contribution in [0.5, 0.6) is 0 Å². The lowest BCUT2D eigenvalue weighted by Gasteiger charge is -2.24. The number of aliphatic hydroxyl groups excluding tert-OH is 1. The van der Waals surface area contributed by atoms with Gasteiger partial charge in [-0.2, -0.15) is 14.4 Å². The molecule has 4 N–H and O–H groups in total. The third-order valence-corrected chi connectivity index (χ3v) is 3.35. The van der Waals surface area contributed by atoms with Crippen LogP contribution in [0.15, 0.2) is 6.33 Å². The molecule has 0 radical (unpaired) electrons. The van der Waals surface area contributed by atoms with Gasteiger partial charge >= 0.3 is 18.0 Å². The highest BCUT2D eigenvalue weighted by Gasteiger charge is 2.52. The van der Waals surface area contributed by atoms with Crippen LogP contribution in [0.2, 0.25) is 0 Å². The number of rotatable bonds is 2. The fourth-order valence-electron chi connectivity index (χ4n) is 2.35. The zero-order chi connectivity index (χ0) is 16.8. The molecule has 0 amide bonds. The first-order valence-electron chi connectivity index (χ1n) is 6.27. The van der Waals surface area contributed by atoms with Gasteiger partial charge in [-0.25, -0.2) is 9.78 Å². The Hall–Kier alpha value is -2.97. The molecule has 0 aliphatic carbocycles. The minimum atomic E-state index is -2.18. The summed E-state index contributed by atoms with van der Waals surface area (Å²) < 4.78 is 24.4. The van der Waals surface area contributed by atoms with Crippen LogP contribution in [-0.4, -0.2) is 47.8 Å². The van der Waals surface area contributed by atoms with Crippen LogP contribution in [0.1, 0.15) is 12.6 Å². The highest BCUT2D eigenvalue weighted by Crippen LogP contribution is 2.38. The maximum atomic E-state index is 13.3. The van der Waals surface area contributed by atoms with E-state index in [1.165, 1.54) is 10.9 Å². The minimum Gasteiger partial charge on any atom is -0.450 e. The number of hydrogen-bond acceptors (Lipinski definition) is 8. The third-order valence-electron chi connectivity index (χ3n) is 3.35. The molecule has 2 aromatic rings. The van der Waals surface area contributed by atoms with Crippen molar-refractivity contribution in [1.82, 2.24) is 19.5 Å². The zero-order valence-corrected chi connectivity index (χ0v) is 11.4. The number of aliphatic hydroxyl groups is 1. The number of aromatic nitrogens is 4. The third kappa shape index (κ3) is 2.30. The van der Waals surface area contributed by atoms with E-state index in [4.69, 9.17) is 22.0 Å². The summed E-state index contributed by atoms with van der Waals surface area (Å²) in [6, 6.07) is 0. The van der Waals surface area contributed by atoms with Crippen molar-refractivity contribution < 1.29 is 28.9 Å². The molecule has 0 bridgehead atoms. The molecule has 1 fully saturated rings. The van der Waals surface area contributed by atoms with Gasteiger partial charge in [0.25, 0.3) is 0 Å². The van der Waals surface area contributed by atoms with Crippen molar-refractivity contribution in [2.24, 2.45) is 0 Å². The largest absolute Gasteiger partial charge is 0.509 e. The number of fused-ring (bicyclic) bond motifs is 1. The standard InChI is InChI=1S/C12H10FN5O5/c1-2-12(23-11(20)21)5(19)3-6(22-12)18-4-15-7-8(14)16-10(13)17-9(7)18/h1,4-6,19H,3H2,(H,20,21)(H2,14,16,17)/t5?,6?,12-/m1/s1. The number of nitrogens with zero attached hydrogens (tertiary/aromatic N) is 4. The molecule has 0 spiro atoms. The Kier molecular flexibility index (Phi) is 3.28. The van der Waals surface area contributed by atoms with E-state index in [-0.39, 0.29) is 23.4 Å². The van der Waals surface area contributed by atoms with Crippen molar-refractivity contribution in [3.05, 3.63) is 12.4 Å². The molecule has 10 nitrogen and oxygen atoms in total. The molecular weight excluding hydrogens is 313 g/mol. The first-order valence-corrected chi connectivity index (χ1v) is 6.27. The molecule has 3 atom stereocenters. The number of nitrogen functional groups attached to an aromatic ring is 1. The number of imidazole rings is 1. The van der Waals surface area contributed by atoms with Gasteiger partial charge in [-0.05, 0) is 5.92 Å². The molecular formula is C12H10FN5O5. The number of terminal acetylenes is 1. The number of hydrogen-bond donors (Lipinski definition) is 3. The maximum absolute atomic E-state index is 13.3. The minimum absolute atomic E-state index is 0.00958. The number of carbonyl (C=O) groups is 1. The van der Waals surface area contributed by atoms with Crippen molar-refractivity contribution in [2.75, 3.05) is 5.73 Å². The van der Waals surface area contributed by atoms with Crippen molar-refractivity contribution in [3.63, 3.8) is 0 Å². The monoisotopic (exact) mass is 323 g/mol. The van der Waals surface area contributed by atoms with Gasteiger partial charge in [0.05, 0.1) is 6.33 Å². The molecule has 3 heterocycles. The van der Waals surface area contributed by atoms with E-state index >= 15 is 0 Å². The number of anilines is 1. The first kappa shape index (κ1) is 14.9. The summed E-state index contributed by atoms with van der Waals surface area (Å²) in [4.78, 5) is 21.6. The summed E-state index contributed by atoms with van der Waals surface area (Å²) in [7, 11) is 0. The second-order valence-electron chi connectivity index (χ2n) is 4.71. The summed E-state index contributed by atoms with van der Waals surface area (Å²) in [5, 5.41) is 18.8. The topological polar surface area (TPSA) is 146 Å². The van der Waals surface area contributed by atoms with Gasteiger partial charge in [0.2, 0.25) is 0 Å². The first-order chi connectivity index (χ1) is 10.9.